The maximum atomic E-state index is 3.95. The van der Waals surface area contributed by atoms with E-state index in [1.54, 1.807) is 0 Å². The molecule has 3 nitrogen and oxygen atoms in total. The van der Waals surface area contributed by atoms with Crippen molar-refractivity contribution in [1.82, 2.24) is 14.7 Å². The average Bonchev–Trinajstić information content (AvgIpc) is 2.84. The molecular formula is C33H41N3. The topological polar surface area (TPSA) is 9.72 Å². The van der Waals surface area contributed by atoms with E-state index in [4.69, 9.17) is 0 Å². The Hall–Kier alpha value is -3.24. The van der Waals surface area contributed by atoms with E-state index in [0.717, 1.165) is 39.3 Å². The van der Waals surface area contributed by atoms with Crippen LogP contribution in [0.3, 0.4) is 0 Å². The van der Waals surface area contributed by atoms with Gasteiger partial charge in [-0.15, -0.1) is 0 Å². The minimum absolute atomic E-state index is 0.844. The first-order valence-electron chi connectivity index (χ1n) is 12.6. The monoisotopic (exact) mass is 479 g/mol. The molecule has 188 valence electrons. The van der Waals surface area contributed by atoms with Crippen LogP contribution in [0.25, 0.3) is 0 Å². The summed E-state index contributed by atoms with van der Waals surface area (Å²) in [5, 5.41) is 0. The lowest BCUT2D eigenvalue weighted by molar-refractivity contribution is 0.312. The van der Waals surface area contributed by atoms with Crippen LogP contribution in [0.4, 0.5) is 0 Å². The van der Waals surface area contributed by atoms with Gasteiger partial charge in [0.25, 0.3) is 0 Å². The number of nitrogens with zero attached hydrogens (tertiary/aromatic N) is 3. The van der Waals surface area contributed by atoms with Gasteiger partial charge in [-0.1, -0.05) is 110 Å². The van der Waals surface area contributed by atoms with Crippen molar-refractivity contribution in [3.8, 4) is 0 Å². The Morgan fingerprint density at radius 3 is 1.36 bits per heavy atom. The maximum absolute atomic E-state index is 3.95. The third kappa shape index (κ3) is 9.43. The highest BCUT2D eigenvalue weighted by molar-refractivity contribution is 5.31. The zero-order valence-electron chi connectivity index (χ0n) is 22.2. The van der Waals surface area contributed by atoms with Gasteiger partial charge in [0.2, 0.25) is 0 Å². The van der Waals surface area contributed by atoms with Gasteiger partial charge in [0.1, 0.15) is 0 Å². The van der Waals surface area contributed by atoms with Crippen LogP contribution in [-0.4, -0.2) is 42.4 Å². The van der Waals surface area contributed by atoms with E-state index in [9.17, 15) is 0 Å². The van der Waals surface area contributed by atoms with Crippen molar-refractivity contribution in [3.05, 3.63) is 144 Å². The summed E-state index contributed by atoms with van der Waals surface area (Å²) in [6.07, 6.45) is 5.77. The molecule has 0 heterocycles. The van der Waals surface area contributed by atoms with Crippen LogP contribution in [0.15, 0.2) is 116 Å². The van der Waals surface area contributed by atoms with E-state index >= 15 is 0 Å². The van der Waals surface area contributed by atoms with Gasteiger partial charge in [-0.2, -0.15) is 0 Å². The molecule has 36 heavy (non-hydrogen) atoms. The van der Waals surface area contributed by atoms with Crippen LogP contribution in [-0.2, 0) is 32.7 Å². The van der Waals surface area contributed by atoms with E-state index in [1.807, 2.05) is 18.2 Å². The van der Waals surface area contributed by atoms with Crippen molar-refractivity contribution in [2.75, 3.05) is 27.7 Å². The lowest BCUT2D eigenvalue weighted by atomic mass is 10.0. The predicted molar refractivity (Wildman–Crippen MR) is 154 cm³/mol. The Balaban J connectivity index is 1.76. The lowest BCUT2D eigenvalue weighted by Gasteiger charge is -2.22. The molecule has 0 aliphatic heterocycles. The number of hydrogen-bond acceptors (Lipinski definition) is 3. The van der Waals surface area contributed by atoms with E-state index in [2.05, 4.69) is 128 Å². The molecule has 0 spiro atoms. The zero-order chi connectivity index (χ0) is 25.8. The number of likely N-dealkylation sites (N-methyl/N-ethyl adjacent to an activating group) is 1. The number of hydrogen-bond donors (Lipinski definition) is 0. The van der Waals surface area contributed by atoms with Crippen LogP contribution >= 0.6 is 0 Å². The Kier molecular flexibility index (Phi) is 10.9. The molecule has 0 radical (unpaired) electrons. The highest BCUT2D eigenvalue weighted by atomic mass is 15.1. The third-order valence-corrected chi connectivity index (χ3v) is 6.11. The summed E-state index contributed by atoms with van der Waals surface area (Å²) in [5.74, 6) is 0. The van der Waals surface area contributed by atoms with Crippen molar-refractivity contribution in [2.24, 2.45) is 0 Å². The summed E-state index contributed by atoms with van der Waals surface area (Å²) in [6.45, 7) is 13.2. The molecule has 3 aromatic carbocycles. The minimum Gasteiger partial charge on any atom is -0.298 e. The molecule has 0 amide bonds. The van der Waals surface area contributed by atoms with Gasteiger partial charge in [0.05, 0.1) is 0 Å². The zero-order valence-corrected chi connectivity index (χ0v) is 22.2. The first-order chi connectivity index (χ1) is 17.4. The summed E-state index contributed by atoms with van der Waals surface area (Å²) in [4.78, 5) is 7.11. The SMILES string of the molecule is C=C/C=C(\C=C)CN(C)Cc1cc(CN(C)Cc2ccccc2)cc(CN(C)Cc2ccccc2)c1. The van der Waals surface area contributed by atoms with E-state index < -0.39 is 0 Å². The molecule has 0 bridgehead atoms. The molecule has 0 saturated carbocycles. The molecule has 0 aliphatic carbocycles. The van der Waals surface area contributed by atoms with Crippen molar-refractivity contribution in [2.45, 2.75) is 32.7 Å². The second-order valence-electron chi connectivity index (χ2n) is 9.83. The predicted octanol–water partition coefficient (Wildman–Crippen LogP) is 6.68. The lowest BCUT2D eigenvalue weighted by Crippen LogP contribution is -2.22. The van der Waals surface area contributed by atoms with Crippen LogP contribution in [0.1, 0.15) is 27.8 Å². The number of benzene rings is 3. The molecular weight excluding hydrogens is 438 g/mol. The van der Waals surface area contributed by atoms with Crippen LogP contribution < -0.4 is 0 Å². The molecule has 0 aliphatic rings. The number of rotatable bonds is 14. The molecule has 0 atom stereocenters. The fraction of sp³-hybridized carbons (Fsp3) is 0.273. The van der Waals surface area contributed by atoms with Gasteiger partial charge in [-0.05, 0) is 54.5 Å². The van der Waals surface area contributed by atoms with Gasteiger partial charge in [-0.3, -0.25) is 14.7 Å². The summed E-state index contributed by atoms with van der Waals surface area (Å²) < 4.78 is 0. The minimum atomic E-state index is 0.844. The first-order valence-corrected chi connectivity index (χ1v) is 12.6. The fourth-order valence-corrected chi connectivity index (χ4v) is 4.65. The Labute approximate surface area is 218 Å². The smallest absolute Gasteiger partial charge is 0.0234 e. The third-order valence-electron chi connectivity index (χ3n) is 6.11. The maximum Gasteiger partial charge on any atom is 0.0234 e. The van der Waals surface area contributed by atoms with Gasteiger partial charge in [-0.25, -0.2) is 0 Å². The molecule has 0 saturated heterocycles. The first kappa shape index (κ1) is 27.3. The second kappa shape index (κ2) is 14.4. The standard InChI is InChI=1S/C33H41N3/c1-6-14-28(7-2)22-34(3)25-31-19-32(26-35(4)23-29-15-10-8-11-16-29)21-33(20-31)27-36(5)24-30-17-12-9-13-18-30/h6-21H,1-2,22-27H2,3-5H3/b28-14+. The Morgan fingerprint density at radius 1 is 0.583 bits per heavy atom. The Bertz CT molecular complexity index is 1050. The molecule has 0 aromatic heterocycles. The van der Waals surface area contributed by atoms with Gasteiger partial charge in [0, 0.05) is 39.3 Å². The summed E-state index contributed by atoms with van der Waals surface area (Å²) in [7, 11) is 6.56. The normalized spacial score (nSPS) is 11.9. The highest BCUT2D eigenvalue weighted by Gasteiger charge is 2.10. The van der Waals surface area contributed by atoms with Crippen molar-refractivity contribution < 1.29 is 0 Å². The summed E-state index contributed by atoms with van der Waals surface area (Å²) in [6, 6.07) is 28.5. The van der Waals surface area contributed by atoms with Crippen molar-refractivity contribution in [1.29, 1.82) is 0 Å². The highest BCUT2D eigenvalue weighted by Crippen LogP contribution is 2.18. The van der Waals surface area contributed by atoms with E-state index in [-0.39, 0.29) is 0 Å². The van der Waals surface area contributed by atoms with Crippen LogP contribution in [0, 0.1) is 0 Å². The largest absolute Gasteiger partial charge is 0.298 e. The van der Waals surface area contributed by atoms with Crippen molar-refractivity contribution in [3.63, 3.8) is 0 Å². The Morgan fingerprint density at radius 2 is 0.972 bits per heavy atom. The second-order valence-corrected chi connectivity index (χ2v) is 9.83. The van der Waals surface area contributed by atoms with Crippen molar-refractivity contribution >= 4 is 0 Å². The summed E-state index contributed by atoms with van der Waals surface area (Å²) in [5.41, 5.74) is 7.90. The molecule has 0 N–H and O–H groups in total. The van der Waals surface area contributed by atoms with Gasteiger partial charge < -0.3 is 0 Å². The van der Waals surface area contributed by atoms with Crippen LogP contribution in [0.5, 0.6) is 0 Å². The molecule has 3 aromatic rings. The van der Waals surface area contributed by atoms with Crippen LogP contribution in [0.2, 0.25) is 0 Å². The molecule has 0 unspecified atom stereocenters. The van der Waals surface area contributed by atoms with Gasteiger partial charge in [0.15, 0.2) is 0 Å². The number of allylic oxidation sites excluding steroid dienone is 2. The van der Waals surface area contributed by atoms with E-state index in [1.165, 1.54) is 33.4 Å². The molecule has 3 rings (SSSR count). The molecule has 0 fully saturated rings. The van der Waals surface area contributed by atoms with Gasteiger partial charge >= 0.3 is 0 Å². The quantitative estimate of drug-likeness (QED) is 0.239. The average molecular weight is 480 g/mol. The molecule has 3 heteroatoms. The summed E-state index contributed by atoms with van der Waals surface area (Å²) >= 11 is 0. The fourth-order valence-electron chi connectivity index (χ4n) is 4.65. The van der Waals surface area contributed by atoms with E-state index in [0.29, 0.717) is 0 Å².